The highest BCUT2D eigenvalue weighted by Gasteiger charge is 2.20. The van der Waals surface area contributed by atoms with E-state index in [4.69, 9.17) is 0 Å². The molecule has 0 unspecified atom stereocenters. The Morgan fingerprint density at radius 1 is 1.00 bits per heavy atom. The lowest BCUT2D eigenvalue weighted by Crippen LogP contribution is -2.30. The molecule has 0 saturated carbocycles. The van der Waals surface area contributed by atoms with Crippen molar-refractivity contribution in [3.05, 3.63) is 41.0 Å². The summed E-state index contributed by atoms with van der Waals surface area (Å²) in [6, 6.07) is 8.42. The molecule has 2 heterocycles. The predicted molar refractivity (Wildman–Crippen MR) is 98.7 cm³/mol. The number of hydrogen-bond acceptors (Lipinski definition) is 6. The highest BCUT2D eigenvalue weighted by Crippen LogP contribution is 2.41. The molecule has 0 bridgehead atoms. The molecule has 0 saturated heterocycles. The molecule has 24 heavy (non-hydrogen) atoms. The summed E-state index contributed by atoms with van der Waals surface area (Å²) in [6.45, 7) is 5.03. The van der Waals surface area contributed by atoms with E-state index in [1.807, 2.05) is 4.90 Å². The Morgan fingerprint density at radius 2 is 1.67 bits per heavy atom. The van der Waals surface area contributed by atoms with E-state index in [9.17, 15) is 10.2 Å². The summed E-state index contributed by atoms with van der Waals surface area (Å²) < 4.78 is 0. The van der Waals surface area contributed by atoms with Gasteiger partial charge in [0.1, 0.15) is 17.0 Å². The van der Waals surface area contributed by atoms with E-state index in [-0.39, 0.29) is 13.2 Å². The number of hydrogen-bond donors (Lipinski definition) is 2. The van der Waals surface area contributed by atoms with Crippen LogP contribution in [0, 0.1) is 13.8 Å². The zero-order chi connectivity index (χ0) is 17.1. The molecule has 0 aliphatic carbocycles. The van der Waals surface area contributed by atoms with E-state index in [0.29, 0.717) is 13.1 Å². The van der Waals surface area contributed by atoms with E-state index >= 15 is 0 Å². The summed E-state index contributed by atoms with van der Waals surface area (Å²) in [5.41, 5.74) is 3.48. The van der Waals surface area contributed by atoms with Crippen molar-refractivity contribution in [3.63, 3.8) is 0 Å². The molecule has 3 rings (SSSR count). The van der Waals surface area contributed by atoms with Gasteiger partial charge in [-0.2, -0.15) is 0 Å². The number of aryl methyl sites for hydroxylation is 2. The van der Waals surface area contributed by atoms with E-state index in [0.717, 1.165) is 27.2 Å². The van der Waals surface area contributed by atoms with Gasteiger partial charge < -0.3 is 15.1 Å². The minimum absolute atomic E-state index is 0.00841. The average molecular weight is 343 g/mol. The Morgan fingerprint density at radius 3 is 2.29 bits per heavy atom. The normalized spacial score (nSPS) is 11.2. The largest absolute Gasteiger partial charge is 0.395 e. The Kier molecular flexibility index (Phi) is 5.08. The lowest BCUT2D eigenvalue weighted by molar-refractivity contribution is 0.281. The number of nitrogens with zero attached hydrogens (tertiary/aromatic N) is 3. The van der Waals surface area contributed by atoms with Gasteiger partial charge in [0.05, 0.1) is 18.6 Å². The van der Waals surface area contributed by atoms with Crippen LogP contribution in [0.15, 0.2) is 30.6 Å². The number of aromatic nitrogens is 2. The second-order valence-electron chi connectivity index (χ2n) is 5.71. The van der Waals surface area contributed by atoms with Gasteiger partial charge in [-0.3, -0.25) is 0 Å². The number of rotatable bonds is 6. The zero-order valence-corrected chi connectivity index (χ0v) is 14.7. The lowest BCUT2D eigenvalue weighted by Gasteiger charge is -2.22. The Balaban J connectivity index is 2.22. The number of aliphatic hydroxyl groups excluding tert-OH is 2. The molecule has 0 amide bonds. The molecule has 2 N–H and O–H groups in total. The molecule has 6 heteroatoms. The summed E-state index contributed by atoms with van der Waals surface area (Å²) >= 11 is 1.64. The highest BCUT2D eigenvalue weighted by molar-refractivity contribution is 7.19. The molecule has 0 radical (unpaired) electrons. The third kappa shape index (κ3) is 3.13. The first-order valence-corrected chi connectivity index (χ1v) is 8.75. The molecule has 3 aromatic rings. The molecule has 1 aromatic carbocycles. The number of benzene rings is 1. The first-order valence-electron chi connectivity index (χ1n) is 7.93. The van der Waals surface area contributed by atoms with Crippen LogP contribution in [-0.2, 0) is 0 Å². The van der Waals surface area contributed by atoms with Crippen LogP contribution >= 0.6 is 11.3 Å². The number of thiophene rings is 1. The van der Waals surface area contributed by atoms with E-state index in [1.54, 1.807) is 17.7 Å². The quantitative estimate of drug-likeness (QED) is 0.720. The molecule has 126 valence electrons. The number of aliphatic hydroxyl groups is 2. The van der Waals surface area contributed by atoms with Gasteiger partial charge in [-0.15, -0.1) is 11.3 Å². The van der Waals surface area contributed by atoms with Crippen molar-refractivity contribution in [1.82, 2.24) is 9.97 Å². The van der Waals surface area contributed by atoms with Crippen LogP contribution < -0.4 is 4.90 Å². The zero-order valence-electron chi connectivity index (χ0n) is 13.9. The Hall–Kier alpha value is -2.02. The smallest absolute Gasteiger partial charge is 0.141 e. The highest BCUT2D eigenvalue weighted by atomic mass is 32.1. The van der Waals surface area contributed by atoms with Crippen LogP contribution in [0.3, 0.4) is 0 Å². The van der Waals surface area contributed by atoms with Crippen molar-refractivity contribution in [2.75, 3.05) is 31.2 Å². The molecule has 0 fully saturated rings. The molecule has 0 aliphatic heterocycles. The molecule has 5 nitrogen and oxygen atoms in total. The fraction of sp³-hybridized carbons (Fsp3) is 0.333. The molecule has 2 aromatic heterocycles. The summed E-state index contributed by atoms with van der Waals surface area (Å²) in [5, 5.41) is 19.7. The van der Waals surface area contributed by atoms with Crippen LogP contribution in [0.5, 0.6) is 0 Å². The van der Waals surface area contributed by atoms with Gasteiger partial charge in [0.25, 0.3) is 0 Å². The fourth-order valence-corrected chi connectivity index (χ4v) is 3.91. The van der Waals surface area contributed by atoms with E-state index in [1.165, 1.54) is 10.4 Å². The van der Waals surface area contributed by atoms with Gasteiger partial charge in [0.2, 0.25) is 0 Å². The SMILES string of the molecule is Cc1ccc(-c2c(C)sc3ncnc(N(CCO)CCO)c23)cc1. The monoisotopic (exact) mass is 343 g/mol. The second kappa shape index (κ2) is 7.25. The van der Waals surface area contributed by atoms with Crippen LogP contribution in [0.2, 0.25) is 0 Å². The van der Waals surface area contributed by atoms with Crippen LogP contribution in [-0.4, -0.2) is 46.5 Å². The maximum atomic E-state index is 9.35. The van der Waals surface area contributed by atoms with Crippen molar-refractivity contribution in [2.45, 2.75) is 13.8 Å². The van der Waals surface area contributed by atoms with Gasteiger partial charge in [0.15, 0.2) is 0 Å². The molecule has 0 spiro atoms. The van der Waals surface area contributed by atoms with Crippen molar-refractivity contribution in [3.8, 4) is 11.1 Å². The van der Waals surface area contributed by atoms with Gasteiger partial charge in [-0.1, -0.05) is 29.8 Å². The third-order valence-electron chi connectivity index (χ3n) is 4.02. The average Bonchev–Trinajstić information content (AvgIpc) is 2.91. The summed E-state index contributed by atoms with van der Waals surface area (Å²) in [7, 11) is 0. The van der Waals surface area contributed by atoms with Crippen LogP contribution in [0.1, 0.15) is 10.4 Å². The summed E-state index contributed by atoms with van der Waals surface area (Å²) in [4.78, 5) is 12.9. The lowest BCUT2D eigenvalue weighted by atomic mass is 10.0. The minimum atomic E-state index is 0.00841. The van der Waals surface area contributed by atoms with Crippen molar-refractivity contribution < 1.29 is 10.2 Å². The summed E-state index contributed by atoms with van der Waals surface area (Å²) in [6.07, 6.45) is 1.55. The van der Waals surface area contributed by atoms with Crippen LogP contribution in [0.4, 0.5) is 5.82 Å². The number of fused-ring (bicyclic) bond motifs is 1. The van der Waals surface area contributed by atoms with Gasteiger partial charge in [-0.25, -0.2) is 9.97 Å². The molecular formula is C18H21N3O2S. The van der Waals surface area contributed by atoms with Crippen molar-refractivity contribution >= 4 is 27.4 Å². The summed E-state index contributed by atoms with van der Waals surface area (Å²) in [5.74, 6) is 0.767. The number of anilines is 1. The Bertz CT molecular complexity index is 824. The van der Waals surface area contributed by atoms with Crippen LogP contribution in [0.25, 0.3) is 21.3 Å². The van der Waals surface area contributed by atoms with Gasteiger partial charge in [0, 0.05) is 23.5 Å². The predicted octanol–water partition coefficient (Wildman–Crippen LogP) is 2.77. The standard InChI is InChI=1S/C18H21N3O2S/c1-12-3-5-14(6-4-12)15-13(2)24-18-16(15)17(19-11-20-18)21(7-9-22)8-10-23/h3-6,11,22-23H,7-10H2,1-2H3. The second-order valence-corrected chi connectivity index (χ2v) is 6.91. The van der Waals surface area contributed by atoms with Crippen molar-refractivity contribution in [1.29, 1.82) is 0 Å². The van der Waals surface area contributed by atoms with Gasteiger partial charge in [-0.05, 0) is 19.4 Å². The molecule has 0 aliphatic rings. The van der Waals surface area contributed by atoms with Crippen molar-refractivity contribution in [2.24, 2.45) is 0 Å². The third-order valence-corrected chi connectivity index (χ3v) is 5.04. The first kappa shape index (κ1) is 16.8. The first-order chi connectivity index (χ1) is 11.7. The maximum absolute atomic E-state index is 9.35. The fourth-order valence-electron chi connectivity index (χ4n) is 2.90. The van der Waals surface area contributed by atoms with E-state index < -0.39 is 0 Å². The molecular weight excluding hydrogens is 322 g/mol. The molecule has 0 atom stereocenters. The maximum Gasteiger partial charge on any atom is 0.141 e. The minimum Gasteiger partial charge on any atom is -0.395 e. The van der Waals surface area contributed by atoms with Gasteiger partial charge >= 0.3 is 0 Å². The Labute approximate surface area is 145 Å². The van der Waals surface area contributed by atoms with E-state index in [2.05, 4.69) is 48.1 Å². The topological polar surface area (TPSA) is 69.5 Å².